The first kappa shape index (κ1) is 24.1. The minimum Gasteiger partial charge on any atom is -0.302 e. The van der Waals surface area contributed by atoms with Gasteiger partial charge in [0, 0.05) is 22.4 Å². The molecule has 8 heteroatoms. The molecule has 0 aliphatic heterocycles. The van der Waals surface area contributed by atoms with Crippen LogP contribution in [0.15, 0.2) is 89.1 Å². The van der Waals surface area contributed by atoms with E-state index in [1.54, 1.807) is 0 Å². The maximum absolute atomic E-state index is 12.4. The van der Waals surface area contributed by atoms with Crippen LogP contribution in [0.4, 0.5) is 5.13 Å². The summed E-state index contributed by atoms with van der Waals surface area (Å²) in [5, 5.41) is 5.63. The van der Waals surface area contributed by atoms with Gasteiger partial charge < -0.3 is 5.32 Å². The van der Waals surface area contributed by atoms with Gasteiger partial charge in [-0.2, -0.15) is 0 Å². The number of sulfone groups is 1. The van der Waals surface area contributed by atoms with Gasteiger partial charge in [-0.3, -0.25) is 4.79 Å². The number of halogens is 1. The fourth-order valence-corrected chi connectivity index (χ4v) is 5.63. The van der Waals surface area contributed by atoms with Gasteiger partial charge in [0.1, 0.15) is 0 Å². The summed E-state index contributed by atoms with van der Waals surface area (Å²) in [4.78, 5) is 17.0. The summed E-state index contributed by atoms with van der Waals surface area (Å²) in [6, 6.07) is 24.5. The van der Waals surface area contributed by atoms with Gasteiger partial charge in [-0.1, -0.05) is 66.2 Å². The molecule has 4 aromatic rings. The zero-order valence-electron chi connectivity index (χ0n) is 18.3. The number of amides is 1. The molecule has 0 saturated carbocycles. The number of hydrogen-bond acceptors (Lipinski definition) is 5. The number of carbonyl (C=O) groups excluding carboxylic acids is 1. The molecular formula is C26H23ClN2O3S2. The standard InChI is InChI=1S/C26H23ClN2O3S2/c27-22-12-14-23(15-13-22)34(31,32)16-4-7-25(30)29-26-28-24(18-33-26)21-10-8-20(9-11-21)17-19-5-2-1-3-6-19/h1-3,5-6,8-15,18H,4,7,16-17H2,(H,28,29,30). The fraction of sp³-hybridized carbons (Fsp3) is 0.154. The van der Waals surface area contributed by atoms with Gasteiger partial charge in [-0.15, -0.1) is 11.3 Å². The number of thiazole rings is 1. The number of aromatic nitrogens is 1. The lowest BCUT2D eigenvalue weighted by molar-refractivity contribution is -0.116. The van der Waals surface area contributed by atoms with E-state index in [9.17, 15) is 13.2 Å². The Bertz CT molecular complexity index is 1350. The molecule has 0 atom stereocenters. The summed E-state index contributed by atoms with van der Waals surface area (Å²) in [5.41, 5.74) is 4.24. The second kappa shape index (κ2) is 11.0. The van der Waals surface area contributed by atoms with Crippen LogP contribution in [0.2, 0.25) is 5.02 Å². The molecule has 0 spiro atoms. The minimum atomic E-state index is -3.45. The van der Waals surface area contributed by atoms with E-state index in [0.29, 0.717) is 10.2 Å². The Morgan fingerprint density at radius 2 is 1.59 bits per heavy atom. The molecule has 5 nitrogen and oxygen atoms in total. The number of rotatable bonds is 9. The van der Waals surface area contributed by atoms with Gasteiger partial charge in [-0.25, -0.2) is 13.4 Å². The number of anilines is 1. The predicted molar refractivity (Wildman–Crippen MR) is 138 cm³/mol. The van der Waals surface area contributed by atoms with Gasteiger partial charge >= 0.3 is 0 Å². The van der Waals surface area contributed by atoms with Crippen LogP contribution in [0, 0.1) is 0 Å². The van der Waals surface area contributed by atoms with Gasteiger partial charge in [0.2, 0.25) is 5.91 Å². The second-order valence-electron chi connectivity index (χ2n) is 7.82. The molecule has 0 aliphatic rings. The fourth-order valence-electron chi connectivity index (χ4n) is 3.45. The molecule has 0 saturated heterocycles. The lowest BCUT2D eigenvalue weighted by Crippen LogP contribution is -2.14. The molecule has 3 aromatic carbocycles. The molecule has 0 aliphatic carbocycles. The molecule has 1 heterocycles. The Morgan fingerprint density at radius 1 is 0.912 bits per heavy atom. The van der Waals surface area contributed by atoms with Crippen LogP contribution < -0.4 is 5.32 Å². The van der Waals surface area contributed by atoms with Crippen molar-refractivity contribution in [3.05, 3.63) is 100 Å². The smallest absolute Gasteiger partial charge is 0.226 e. The van der Waals surface area contributed by atoms with Crippen molar-refractivity contribution >= 4 is 43.8 Å². The molecular weight excluding hydrogens is 488 g/mol. The summed E-state index contributed by atoms with van der Waals surface area (Å²) in [6.07, 6.45) is 1.18. The first-order chi connectivity index (χ1) is 16.4. The SMILES string of the molecule is O=C(CCCS(=O)(=O)c1ccc(Cl)cc1)Nc1nc(-c2ccc(Cc3ccccc3)cc2)cs1. The number of carbonyl (C=O) groups is 1. The summed E-state index contributed by atoms with van der Waals surface area (Å²) in [7, 11) is -3.45. The number of hydrogen-bond donors (Lipinski definition) is 1. The predicted octanol–water partition coefficient (Wildman–Crippen LogP) is 6.25. The Labute approximate surface area is 208 Å². The lowest BCUT2D eigenvalue weighted by Gasteiger charge is -2.05. The molecule has 4 rings (SSSR count). The highest BCUT2D eigenvalue weighted by Gasteiger charge is 2.15. The average molecular weight is 511 g/mol. The topological polar surface area (TPSA) is 76.1 Å². The largest absolute Gasteiger partial charge is 0.302 e. The van der Waals surface area contributed by atoms with Gasteiger partial charge in [0.25, 0.3) is 0 Å². The van der Waals surface area contributed by atoms with Crippen molar-refractivity contribution in [2.24, 2.45) is 0 Å². The Balaban J connectivity index is 1.28. The summed E-state index contributed by atoms with van der Waals surface area (Å²) in [6.45, 7) is 0. The zero-order chi connectivity index (χ0) is 24.0. The van der Waals surface area contributed by atoms with E-state index in [4.69, 9.17) is 11.6 Å². The van der Waals surface area contributed by atoms with Gasteiger partial charge in [0.05, 0.1) is 16.3 Å². The highest BCUT2D eigenvalue weighted by molar-refractivity contribution is 7.91. The maximum atomic E-state index is 12.4. The normalized spacial score (nSPS) is 11.3. The third-order valence-electron chi connectivity index (χ3n) is 5.24. The summed E-state index contributed by atoms with van der Waals surface area (Å²) in [5.74, 6) is -0.369. The molecule has 0 bridgehead atoms. The van der Waals surface area contributed by atoms with Gasteiger partial charge in [0.15, 0.2) is 15.0 Å². The van der Waals surface area contributed by atoms with Crippen molar-refractivity contribution in [1.82, 2.24) is 4.98 Å². The van der Waals surface area contributed by atoms with Crippen LogP contribution >= 0.6 is 22.9 Å². The van der Waals surface area contributed by atoms with E-state index in [1.165, 1.54) is 46.7 Å². The second-order valence-corrected chi connectivity index (χ2v) is 11.2. The van der Waals surface area contributed by atoms with Crippen LogP contribution in [0.5, 0.6) is 0 Å². The number of nitrogens with one attached hydrogen (secondary N) is 1. The maximum Gasteiger partial charge on any atom is 0.226 e. The quantitative estimate of drug-likeness (QED) is 0.289. The first-order valence-corrected chi connectivity index (χ1v) is 13.7. The molecule has 0 radical (unpaired) electrons. The third-order valence-corrected chi connectivity index (χ3v) is 8.07. The van der Waals surface area contributed by atoms with Crippen molar-refractivity contribution in [2.45, 2.75) is 24.2 Å². The van der Waals surface area contributed by atoms with E-state index in [1.807, 2.05) is 35.7 Å². The van der Waals surface area contributed by atoms with E-state index >= 15 is 0 Å². The number of nitrogens with zero attached hydrogens (tertiary/aromatic N) is 1. The molecule has 0 fully saturated rings. The van der Waals surface area contributed by atoms with Crippen molar-refractivity contribution in [3.8, 4) is 11.3 Å². The lowest BCUT2D eigenvalue weighted by atomic mass is 10.0. The summed E-state index contributed by atoms with van der Waals surface area (Å²) < 4.78 is 24.8. The molecule has 1 amide bonds. The molecule has 174 valence electrons. The van der Waals surface area contributed by atoms with E-state index in [2.05, 4.69) is 34.6 Å². The van der Waals surface area contributed by atoms with E-state index in [0.717, 1.165) is 17.7 Å². The summed E-state index contributed by atoms with van der Waals surface area (Å²) >= 11 is 7.15. The monoisotopic (exact) mass is 510 g/mol. The molecule has 34 heavy (non-hydrogen) atoms. The number of benzene rings is 3. The van der Waals surface area contributed by atoms with Crippen LogP contribution in [0.1, 0.15) is 24.0 Å². The van der Waals surface area contributed by atoms with Crippen molar-refractivity contribution in [2.75, 3.05) is 11.1 Å². The Morgan fingerprint density at radius 3 is 2.29 bits per heavy atom. The van der Waals surface area contributed by atoms with Crippen LogP contribution in [0.3, 0.4) is 0 Å². The van der Waals surface area contributed by atoms with E-state index < -0.39 is 9.84 Å². The van der Waals surface area contributed by atoms with Crippen LogP contribution in [0.25, 0.3) is 11.3 Å². The third kappa shape index (κ3) is 6.53. The molecule has 0 unspecified atom stereocenters. The molecule has 1 aromatic heterocycles. The molecule has 1 N–H and O–H groups in total. The zero-order valence-corrected chi connectivity index (χ0v) is 20.7. The first-order valence-electron chi connectivity index (χ1n) is 10.8. The average Bonchev–Trinajstić information content (AvgIpc) is 3.29. The van der Waals surface area contributed by atoms with Crippen LogP contribution in [-0.4, -0.2) is 25.1 Å². The van der Waals surface area contributed by atoms with Gasteiger partial charge in [-0.05, 0) is 48.2 Å². The van der Waals surface area contributed by atoms with Crippen molar-refractivity contribution in [1.29, 1.82) is 0 Å². The Hall–Kier alpha value is -3.00. The minimum absolute atomic E-state index is 0.0932. The Kier molecular flexibility index (Phi) is 7.77. The van der Waals surface area contributed by atoms with Crippen molar-refractivity contribution < 1.29 is 13.2 Å². The van der Waals surface area contributed by atoms with E-state index in [-0.39, 0.29) is 29.4 Å². The van der Waals surface area contributed by atoms with Crippen LogP contribution in [-0.2, 0) is 21.1 Å². The van der Waals surface area contributed by atoms with Crippen molar-refractivity contribution in [3.63, 3.8) is 0 Å². The highest BCUT2D eigenvalue weighted by Crippen LogP contribution is 2.26. The highest BCUT2D eigenvalue weighted by atomic mass is 35.5.